The Labute approximate surface area is 172 Å². The maximum atomic E-state index is 14.0. The number of benzene rings is 2. The quantitative estimate of drug-likeness (QED) is 0.550. The van der Waals surface area contributed by atoms with Gasteiger partial charge in [-0.15, -0.1) is 11.3 Å². The van der Waals surface area contributed by atoms with Gasteiger partial charge in [0.2, 0.25) is 5.56 Å². The van der Waals surface area contributed by atoms with E-state index in [1.165, 1.54) is 5.56 Å². The van der Waals surface area contributed by atoms with Gasteiger partial charge in [-0.1, -0.05) is 12.1 Å². The third kappa shape index (κ3) is 3.78. The lowest BCUT2D eigenvalue weighted by Gasteiger charge is -2.36. The van der Waals surface area contributed by atoms with Gasteiger partial charge in [-0.3, -0.25) is 9.69 Å². The first-order valence-corrected chi connectivity index (χ1v) is 10.8. The van der Waals surface area contributed by atoms with Crippen LogP contribution in [0, 0.1) is 5.82 Å². The number of hydrogen-bond donors (Lipinski definition) is 1. The number of fused-ring (bicyclic) bond motifs is 2. The summed E-state index contributed by atoms with van der Waals surface area (Å²) in [6.07, 6.45) is 0.946. The molecule has 0 unspecified atom stereocenters. The molecule has 4 aromatic rings. The summed E-state index contributed by atoms with van der Waals surface area (Å²) in [6, 6.07) is 15.1. The van der Waals surface area contributed by atoms with Crippen LogP contribution in [0.4, 0.5) is 10.1 Å². The Morgan fingerprint density at radius 3 is 2.69 bits per heavy atom. The van der Waals surface area contributed by atoms with E-state index >= 15 is 0 Å². The van der Waals surface area contributed by atoms with Crippen LogP contribution in [0.15, 0.2) is 58.7 Å². The van der Waals surface area contributed by atoms with Crippen LogP contribution in [0.1, 0.15) is 5.56 Å². The molecule has 0 saturated carbocycles. The highest BCUT2D eigenvalue weighted by Crippen LogP contribution is 2.32. The zero-order chi connectivity index (χ0) is 19.8. The Bertz CT molecular complexity index is 1220. The number of aromatic nitrogens is 1. The van der Waals surface area contributed by atoms with Gasteiger partial charge in [0.15, 0.2) is 0 Å². The first-order chi connectivity index (χ1) is 14.2. The second kappa shape index (κ2) is 7.61. The molecule has 0 bridgehead atoms. The number of aromatic amines is 1. The van der Waals surface area contributed by atoms with Crippen LogP contribution in [0.2, 0.25) is 0 Å². The van der Waals surface area contributed by atoms with Crippen LogP contribution in [0.5, 0.6) is 0 Å². The van der Waals surface area contributed by atoms with Crippen molar-refractivity contribution in [3.8, 4) is 0 Å². The van der Waals surface area contributed by atoms with Gasteiger partial charge in [0, 0.05) is 60.1 Å². The van der Waals surface area contributed by atoms with E-state index in [0.717, 1.165) is 65.8 Å². The Kier molecular flexibility index (Phi) is 4.81. The standard InChI is InChI=1S/C23H22FN3OS/c24-18-14-21(19-6-12-29-22(19)15-18)27-10-8-26(9-11-27)7-5-16-1-2-17-3-4-23(28)25-20(17)13-16/h1-4,6,12-15H,5,7-11H2,(H,25,28). The number of H-pyrrole nitrogens is 1. The van der Waals surface area contributed by atoms with Crippen LogP contribution in [-0.4, -0.2) is 42.6 Å². The predicted octanol–water partition coefficient (Wildman–Crippen LogP) is 4.25. The fraction of sp³-hybridized carbons (Fsp3) is 0.261. The number of pyridine rings is 1. The molecule has 1 N–H and O–H groups in total. The molecule has 3 heterocycles. The highest BCUT2D eigenvalue weighted by atomic mass is 32.1. The van der Waals surface area contributed by atoms with Crippen molar-refractivity contribution in [2.24, 2.45) is 0 Å². The zero-order valence-electron chi connectivity index (χ0n) is 16.0. The van der Waals surface area contributed by atoms with E-state index in [1.807, 2.05) is 11.4 Å². The molecule has 1 saturated heterocycles. The number of halogens is 1. The maximum absolute atomic E-state index is 14.0. The number of rotatable bonds is 4. The topological polar surface area (TPSA) is 39.3 Å². The van der Waals surface area contributed by atoms with E-state index in [2.05, 4.69) is 39.0 Å². The summed E-state index contributed by atoms with van der Waals surface area (Å²) in [5, 5.41) is 4.23. The Balaban J connectivity index is 1.23. The van der Waals surface area contributed by atoms with Crippen LogP contribution < -0.4 is 10.5 Å². The van der Waals surface area contributed by atoms with Crippen LogP contribution >= 0.6 is 11.3 Å². The monoisotopic (exact) mass is 407 g/mol. The lowest BCUT2D eigenvalue weighted by atomic mass is 10.1. The van der Waals surface area contributed by atoms with Gasteiger partial charge in [-0.05, 0) is 53.1 Å². The van der Waals surface area contributed by atoms with Crippen molar-refractivity contribution in [2.75, 3.05) is 37.6 Å². The number of anilines is 1. The van der Waals surface area contributed by atoms with Gasteiger partial charge in [-0.25, -0.2) is 4.39 Å². The minimum absolute atomic E-state index is 0.0668. The molecule has 1 aliphatic rings. The lowest BCUT2D eigenvalue weighted by Crippen LogP contribution is -2.47. The molecule has 29 heavy (non-hydrogen) atoms. The highest BCUT2D eigenvalue weighted by Gasteiger charge is 2.19. The number of piperazine rings is 1. The van der Waals surface area contributed by atoms with Crippen LogP contribution in [-0.2, 0) is 6.42 Å². The molecule has 1 aliphatic heterocycles. The van der Waals surface area contributed by atoms with Crippen LogP contribution in [0.25, 0.3) is 21.0 Å². The van der Waals surface area contributed by atoms with E-state index in [0.29, 0.717) is 0 Å². The van der Waals surface area contributed by atoms with E-state index in [-0.39, 0.29) is 11.4 Å². The third-order valence-electron chi connectivity index (χ3n) is 5.73. The first kappa shape index (κ1) is 18.3. The number of nitrogens with zero attached hydrogens (tertiary/aromatic N) is 2. The summed E-state index contributed by atoms with van der Waals surface area (Å²) in [5.41, 5.74) is 3.07. The summed E-state index contributed by atoms with van der Waals surface area (Å²) in [7, 11) is 0. The summed E-state index contributed by atoms with van der Waals surface area (Å²) in [6.45, 7) is 4.71. The number of thiophene rings is 1. The smallest absolute Gasteiger partial charge is 0.248 e. The largest absolute Gasteiger partial charge is 0.368 e. The van der Waals surface area contributed by atoms with Crippen molar-refractivity contribution in [3.63, 3.8) is 0 Å². The first-order valence-electron chi connectivity index (χ1n) is 9.92. The van der Waals surface area contributed by atoms with Crippen molar-refractivity contribution >= 4 is 38.0 Å². The second-order valence-corrected chi connectivity index (χ2v) is 8.53. The molecule has 0 radical (unpaired) electrons. The molecule has 4 nitrogen and oxygen atoms in total. The molecule has 0 amide bonds. The van der Waals surface area contributed by atoms with Gasteiger partial charge in [0.05, 0.1) is 0 Å². The number of nitrogens with one attached hydrogen (secondary N) is 1. The van der Waals surface area contributed by atoms with Crippen molar-refractivity contribution in [2.45, 2.75) is 6.42 Å². The SMILES string of the molecule is O=c1ccc2ccc(CCN3CCN(c4cc(F)cc5sccc45)CC3)cc2[nH]1. The van der Waals surface area contributed by atoms with Gasteiger partial charge >= 0.3 is 0 Å². The molecule has 1 fully saturated rings. The minimum Gasteiger partial charge on any atom is -0.368 e. The van der Waals surface area contributed by atoms with Crippen LogP contribution in [0.3, 0.4) is 0 Å². The summed E-state index contributed by atoms with van der Waals surface area (Å²) >= 11 is 1.59. The summed E-state index contributed by atoms with van der Waals surface area (Å²) in [4.78, 5) is 19.2. The predicted molar refractivity (Wildman–Crippen MR) is 119 cm³/mol. The van der Waals surface area contributed by atoms with E-state index in [4.69, 9.17) is 0 Å². The normalized spacial score (nSPS) is 15.4. The van der Waals surface area contributed by atoms with E-state index in [1.54, 1.807) is 29.5 Å². The zero-order valence-corrected chi connectivity index (χ0v) is 16.8. The molecule has 2 aromatic carbocycles. The molecule has 2 aromatic heterocycles. The van der Waals surface area contributed by atoms with Gasteiger partial charge in [0.1, 0.15) is 5.82 Å². The molecular weight excluding hydrogens is 385 g/mol. The molecule has 6 heteroatoms. The summed E-state index contributed by atoms with van der Waals surface area (Å²) in [5.74, 6) is -0.160. The Morgan fingerprint density at radius 2 is 1.83 bits per heavy atom. The van der Waals surface area contributed by atoms with E-state index in [9.17, 15) is 9.18 Å². The molecule has 0 aliphatic carbocycles. The fourth-order valence-electron chi connectivity index (χ4n) is 4.13. The van der Waals surface area contributed by atoms with Crippen molar-refractivity contribution in [3.05, 3.63) is 75.6 Å². The molecular formula is C23H22FN3OS. The molecule has 0 spiro atoms. The maximum Gasteiger partial charge on any atom is 0.248 e. The fourth-order valence-corrected chi connectivity index (χ4v) is 4.96. The highest BCUT2D eigenvalue weighted by molar-refractivity contribution is 7.17. The van der Waals surface area contributed by atoms with Crippen molar-refractivity contribution < 1.29 is 4.39 Å². The lowest BCUT2D eigenvalue weighted by molar-refractivity contribution is 0.261. The molecule has 148 valence electrons. The molecule has 0 atom stereocenters. The Morgan fingerprint density at radius 1 is 1.00 bits per heavy atom. The van der Waals surface area contributed by atoms with Gasteiger partial charge < -0.3 is 9.88 Å². The molecule has 5 rings (SSSR count). The van der Waals surface area contributed by atoms with E-state index < -0.39 is 0 Å². The number of hydrogen-bond acceptors (Lipinski definition) is 4. The Hall–Kier alpha value is -2.70. The van der Waals surface area contributed by atoms with Crippen molar-refractivity contribution in [1.82, 2.24) is 9.88 Å². The van der Waals surface area contributed by atoms with Gasteiger partial charge in [-0.2, -0.15) is 0 Å². The average Bonchev–Trinajstić information content (AvgIpc) is 3.20. The van der Waals surface area contributed by atoms with Crippen molar-refractivity contribution in [1.29, 1.82) is 0 Å². The second-order valence-electron chi connectivity index (χ2n) is 7.58. The van der Waals surface area contributed by atoms with Gasteiger partial charge in [0.25, 0.3) is 0 Å². The average molecular weight is 408 g/mol. The minimum atomic E-state index is -0.160. The third-order valence-corrected chi connectivity index (χ3v) is 6.60. The summed E-state index contributed by atoms with van der Waals surface area (Å²) < 4.78 is 15.0.